The molecular formula is C18H13F2N3O. The lowest BCUT2D eigenvalue weighted by Gasteiger charge is -2.09. The Labute approximate surface area is 136 Å². The average Bonchev–Trinajstić information content (AvgIpc) is 2.56. The van der Waals surface area contributed by atoms with Crippen LogP contribution in [0, 0.1) is 11.6 Å². The van der Waals surface area contributed by atoms with Gasteiger partial charge >= 0.3 is 0 Å². The number of benzene rings is 3. The van der Waals surface area contributed by atoms with Crippen LogP contribution in [0.4, 0.5) is 8.78 Å². The highest BCUT2D eigenvalue weighted by molar-refractivity contribution is 6.06. The van der Waals surface area contributed by atoms with Crippen molar-refractivity contribution in [3.8, 4) is 11.1 Å². The first-order valence-corrected chi connectivity index (χ1v) is 7.08. The van der Waals surface area contributed by atoms with Gasteiger partial charge in [0.15, 0.2) is 17.6 Å². The minimum absolute atomic E-state index is 0.118. The van der Waals surface area contributed by atoms with E-state index in [4.69, 9.17) is 11.5 Å². The predicted molar refractivity (Wildman–Crippen MR) is 89.4 cm³/mol. The first-order valence-electron chi connectivity index (χ1n) is 7.08. The number of hydrogen-bond acceptors (Lipinski definition) is 1. The maximum Gasteiger partial charge on any atom is 0.280 e. The van der Waals surface area contributed by atoms with Crippen molar-refractivity contribution in [3.05, 3.63) is 71.8 Å². The summed E-state index contributed by atoms with van der Waals surface area (Å²) in [6, 6.07) is 14.0. The van der Waals surface area contributed by atoms with Crippen LogP contribution >= 0.6 is 0 Å². The number of halogens is 2. The minimum Gasteiger partial charge on any atom is -0.370 e. The number of fused-ring (bicyclic) bond motifs is 1. The van der Waals surface area contributed by atoms with E-state index in [1.54, 1.807) is 30.3 Å². The van der Waals surface area contributed by atoms with E-state index in [-0.39, 0.29) is 17.1 Å². The van der Waals surface area contributed by atoms with E-state index in [9.17, 15) is 13.6 Å². The van der Waals surface area contributed by atoms with Crippen molar-refractivity contribution in [1.82, 2.24) is 0 Å². The fourth-order valence-electron chi connectivity index (χ4n) is 2.53. The number of hydrogen-bond donors (Lipinski definition) is 2. The molecule has 0 spiro atoms. The highest BCUT2D eigenvalue weighted by atomic mass is 19.2. The van der Waals surface area contributed by atoms with Crippen LogP contribution in [0.15, 0.2) is 59.6 Å². The quantitative estimate of drug-likeness (QED) is 0.561. The van der Waals surface area contributed by atoms with E-state index in [1.165, 1.54) is 12.1 Å². The molecule has 0 aromatic heterocycles. The molecule has 0 heterocycles. The fourth-order valence-corrected chi connectivity index (χ4v) is 2.53. The molecule has 4 nitrogen and oxygen atoms in total. The SMILES string of the molecule is NC(N)=NC(=O)c1ccc2cccc(-c3cccc(F)c3F)c2c1. The molecule has 0 aliphatic carbocycles. The molecule has 24 heavy (non-hydrogen) atoms. The second-order valence-electron chi connectivity index (χ2n) is 5.18. The van der Waals surface area contributed by atoms with Gasteiger partial charge in [-0.15, -0.1) is 0 Å². The Morgan fingerprint density at radius 3 is 2.38 bits per heavy atom. The summed E-state index contributed by atoms with van der Waals surface area (Å²) in [4.78, 5) is 15.5. The number of nitrogens with zero attached hydrogens (tertiary/aromatic N) is 1. The first kappa shape index (κ1) is 15.6. The molecule has 0 bridgehead atoms. The van der Waals surface area contributed by atoms with Crippen molar-refractivity contribution in [1.29, 1.82) is 0 Å². The summed E-state index contributed by atoms with van der Waals surface area (Å²) in [7, 11) is 0. The zero-order valence-electron chi connectivity index (χ0n) is 12.5. The van der Waals surface area contributed by atoms with Crippen molar-refractivity contribution in [3.63, 3.8) is 0 Å². The Morgan fingerprint density at radius 1 is 0.917 bits per heavy atom. The van der Waals surface area contributed by atoms with Crippen molar-refractivity contribution in [2.75, 3.05) is 0 Å². The minimum atomic E-state index is -0.939. The molecule has 6 heteroatoms. The van der Waals surface area contributed by atoms with Crippen molar-refractivity contribution in [2.24, 2.45) is 16.5 Å². The van der Waals surface area contributed by atoms with E-state index >= 15 is 0 Å². The molecule has 0 aliphatic rings. The number of guanidine groups is 1. The summed E-state index contributed by atoms with van der Waals surface area (Å²) in [5.41, 5.74) is 11.3. The zero-order chi connectivity index (χ0) is 17.3. The van der Waals surface area contributed by atoms with Gasteiger partial charge in [0.1, 0.15) is 0 Å². The molecule has 0 saturated heterocycles. The summed E-state index contributed by atoms with van der Waals surface area (Å²) in [5.74, 6) is -2.82. The standard InChI is InChI=1S/C18H13F2N3O/c19-15-6-2-5-13(16(15)20)12-4-1-3-10-7-8-11(9-14(10)12)17(24)23-18(21)22/h1-9H,(H4,21,22,23,24). The molecule has 0 atom stereocenters. The third kappa shape index (κ3) is 2.81. The molecule has 0 unspecified atom stereocenters. The molecule has 3 rings (SSSR count). The molecule has 3 aromatic rings. The molecular weight excluding hydrogens is 312 g/mol. The van der Waals surface area contributed by atoms with Crippen LogP contribution in [-0.2, 0) is 0 Å². The monoisotopic (exact) mass is 325 g/mol. The molecule has 0 fully saturated rings. The number of rotatable bonds is 2. The Morgan fingerprint density at radius 2 is 1.62 bits per heavy atom. The lowest BCUT2D eigenvalue weighted by Crippen LogP contribution is -2.24. The van der Waals surface area contributed by atoms with Crippen molar-refractivity contribution < 1.29 is 13.6 Å². The molecule has 1 amide bonds. The third-order valence-electron chi connectivity index (χ3n) is 3.60. The van der Waals surface area contributed by atoms with Gasteiger partial charge in [0, 0.05) is 11.1 Å². The van der Waals surface area contributed by atoms with E-state index in [0.717, 1.165) is 11.5 Å². The van der Waals surface area contributed by atoms with Crippen LogP contribution in [0.25, 0.3) is 21.9 Å². The second kappa shape index (κ2) is 6.08. The molecule has 120 valence electrons. The number of amides is 1. The number of carbonyl (C=O) groups is 1. The maximum atomic E-state index is 14.1. The normalized spacial score (nSPS) is 10.6. The third-order valence-corrected chi connectivity index (χ3v) is 3.60. The van der Waals surface area contributed by atoms with E-state index < -0.39 is 17.5 Å². The Bertz CT molecular complexity index is 979. The molecule has 0 saturated carbocycles. The summed E-state index contributed by atoms with van der Waals surface area (Å²) >= 11 is 0. The van der Waals surface area contributed by atoms with Crippen LogP contribution in [-0.4, -0.2) is 11.9 Å². The van der Waals surface area contributed by atoms with Gasteiger partial charge in [-0.05, 0) is 34.5 Å². The van der Waals surface area contributed by atoms with Crippen LogP contribution in [0.3, 0.4) is 0 Å². The first-order chi connectivity index (χ1) is 11.5. The Kier molecular flexibility index (Phi) is 3.95. The topological polar surface area (TPSA) is 81.5 Å². The van der Waals surface area contributed by atoms with Gasteiger partial charge in [0.05, 0.1) is 0 Å². The van der Waals surface area contributed by atoms with Crippen LogP contribution < -0.4 is 11.5 Å². The van der Waals surface area contributed by atoms with Crippen LogP contribution in [0.1, 0.15) is 10.4 Å². The van der Waals surface area contributed by atoms with Gasteiger partial charge in [0.25, 0.3) is 5.91 Å². The van der Waals surface area contributed by atoms with Gasteiger partial charge in [-0.3, -0.25) is 4.79 Å². The molecule has 4 N–H and O–H groups in total. The number of nitrogens with two attached hydrogens (primary N) is 2. The highest BCUT2D eigenvalue weighted by Gasteiger charge is 2.14. The summed E-state index contributed by atoms with van der Waals surface area (Å²) < 4.78 is 27.7. The molecule has 0 aliphatic heterocycles. The average molecular weight is 325 g/mol. The summed E-state index contributed by atoms with van der Waals surface area (Å²) in [5, 5.41) is 1.37. The van der Waals surface area contributed by atoms with Gasteiger partial charge < -0.3 is 11.5 Å². The van der Waals surface area contributed by atoms with Crippen molar-refractivity contribution >= 4 is 22.6 Å². The largest absolute Gasteiger partial charge is 0.370 e. The summed E-state index contributed by atoms with van der Waals surface area (Å²) in [6.07, 6.45) is 0. The molecule has 3 aromatic carbocycles. The fraction of sp³-hybridized carbons (Fsp3) is 0. The van der Waals surface area contributed by atoms with Gasteiger partial charge in [-0.2, -0.15) is 4.99 Å². The van der Waals surface area contributed by atoms with Gasteiger partial charge in [0.2, 0.25) is 0 Å². The molecule has 0 radical (unpaired) electrons. The lowest BCUT2D eigenvalue weighted by atomic mass is 9.96. The van der Waals surface area contributed by atoms with Crippen molar-refractivity contribution in [2.45, 2.75) is 0 Å². The van der Waals surface area contributed by atoms with Crippen LogP contribution in [0.2, 0.25) is 0 Å². The Hall–Kier alpha value is -3.28. The van der Waals surface area contributed by atoms with E-state index in [2.05, 4.69) is 4.99 Å². The number of carbonyl (C=O) groups excluding carboxylic acids is 1. The van der Waals surface area contributed by atoms with E-state index in [0.29, 0.717) is 10.9 Å². The summed E-state index contributed by atoms with van der Waals surface area (Å²) in [6.45, 7) is 0. The van der Waals surface area contributed by atoms with E-state index in [1.807, 2.05) is 6.07 Å². The zero-order valence-corrected chi connectivity index (χ0v) is 12.5. The van der Waals surface area contributed by atoms with Crippen LogP contribution in [0.5, 0.6) is 0 Å². The maximum absolute atomic E-state index is 14.1. The highest BCUT2D eigenvalue weighted by Crippen LogP contribution is 2.32. The number of aliphatic imine (C=N–C) groups is 1. The van der Waals surface area contributed by atoms with Gasteiger partial charge in [-0.1, -0.05) is 36.4 Å². The smallest absolute Gasteiger partial charge is 0.280 e. The lowest BCUT2D eigenvalue weighted by molar-refractivity contribution is 0.100. The predicted octanol–water partition coefficient (Wildman–Crippen LogP) is 3.20. The second-order valence-corrected chi connectivity index (χ2v) is 5.18. The van der Waals surface area contributed by atoms with Gasteiger partial charge in [-0.25, -0.2) is 8.78 Å². The Balaban J connectivity index is 2.24.